The topological polar surface area (TPSA) is 98.2 Å². The first-order valence-corrected chi connectivity index (χ1v) is 6.86. The van der Waals surface area contributed by atoms with Crippen LogP contribution in [-0.4, -0.2) is 11.9 Å². The van der Waals surface area contributed by atoms with E-state index in [0.29, 0.717) is 9.88 Å². The van der Waals surface area contributed by atoms with Crippen LogP contribution in [0.2, 0.25) is 0 Å². The van der Waals surface area contributed by atoms with Gasteiger partial charge in [0.1, 0.15) is 5.00 Å². The molecule has 3 amide bonds. The third-order valence-corrected chi connectivity index (χ3v) is 3.73. The van der Waals surface area contributed by atoms with Gasteiger partial charge in [0.05, 0.1) is 10.4 Å². The number of rotatable bonds is 2. The minimum Gasteiger partial charge on any atom is -0.366 e. The van der Waals surface area contributed by atoms with Crippen LogP contribution in [0.25, 0.3) is 0 Å². The van der Waals surface area contributed by atoms with Gasteiger partial charge in [0.25, 0.3) is 5.91 Å². The Morgan fingerprint density at radius 3 is 2.63 bits per heavy atom. The Labute approximate surface area is 117 Å². The molecule has 0 aliphatic carbocycles. The molecule has 5 N–H and O–H groups in total. The Kier molecular flexibility index (Phi) is 3.85. The van der Waals surface area contributed by atoms with Crippen molar-refractivity contribution in [3.8, 4) is 11.8 Å². The van der Waals surface area contributed by atoms with Crippen LogP contribution in [0.1, 0.15) is 20.8 Å². The minimum absolute atomic E-state index is 0.207. The highest BCUT2D eigenvalue weighted by Crippen LogP contribution is 2.27. The van der Waals surface area contributed by atoms with Crippen molar-refractivity contribution < 1.29 is 9.59 Å². The first-order chi connectivity index (χ1) is 9.06. The Balaban J connectivity index is 2.32. The van der Waals surface area contributed by atoms with E-state index in [1.54, 1.807) is 11.3 Å². The average molecular weight is 291 g/mol. The van der Waals surface area contributed by atoms with Crippen molar-refractivity contribution in [1.29, 1.82) is 0 Å². The van der Waals surface area contributed by atoms with Gasteiger partial charge in [-0.05, 0) is 17.5 Å². The van der Waals surface area contributed by atoms with Crippen molar-refractivity contribution in [2.24, 2.45) is 11.5 Å². The van der Waals surface area contributed by atoms with E-state index in [1.807, 2.05) is 16.8 Å². The molecular formula is C12H9N3O2S2. The monoisotopic (exact) mass is 291 g/mol. The standard InChI is InChI=1S/C12H9N3O2S2/c13-10(16)9-5-8(19-11(9)15-12(14)17)2-1-7-3-4-18-6-7/h3-6H,(H2,13,16)(H3,14,15,17). The summed E-state index contributed by atoms with van der Waals surface area (Å²) in [5.74, 6) is 5.22. The van der Waals surface area contributed by atoms with Gasteiger partial charge in [-0.3, -0.25) is 10.1 Å². The van der Waals surface area contributed by atoms with E-state index in [1.165, 1.54) is 6.07 Å². The molecule has 96 valence electrons. The largest absolute Gasteiger partial charge is 0.366 e. The summed E-state index contributed by atoms with van der Waals surface area (Å²) in [4.78, 5) is 22.7. The molecule has 5 nitrogen and oxygen atoms in total. The molecule has 0 aliphatic rings. The molecule has 0 fully saturated rings. The maximum Gasteiger partial charge on any atom is 0.317 e. The van der Waals surface area contributed by atoms with E-state index < -0.39 is 11.9 Å². The number of nitrogens with two attached hydrogens (primary N) is 2. The SMILES string of the molecule is NC(=O)Nc1sc(C#Cc2ccsc2)cc1C(N)=O. The highest BCUT2D eigenvalue weighted by Gasteiger charge is 2.14. The summed E-state index contributed by atoms with van der Waals surface area (Å²) in [7, 11) is 0. The smallest absolute Gasteiger partial charge is 0.317 e. The van der Waals surface area contributed by atoms with E-state index in [-0.39, 0.29) is 5.56 Å². The fourth-order valence-corrected chi connectivity index (χ4v) is 2.82. The molecule has 0 spiro atoms. The van der Waals surface area contributed by atoms with Gasteiger partial charge in [0.15, 0.2) is 0 Å². The lowest BCUT2D eigenvalue weighted by atomic mass is 10.2. The van der Waals surface area contributed by atoms with Gasteiger partial charge >= 0.3 is 6.03 Å². The Bertz CT molecular complexity index is 678. The molecule has 0 unspecified atom stereocenters. The molecule has 0 bridgehead atoms. The van der Waals surface area contributed by atoms with Crippen LogP contribution < -0.4 is 16.8 Å². The minimum atomic E-state index is -0.748. The molecule has 19 heavy (non-hydrogen) atoms. The van der Waals surface area contributed by atoms with Crippen molar-refractivity contribution in [3.63, 3.8) is 0 Å². The molecule has 0 aromatic carbocycles. The van der Waals surface area contributed by atoms with Gasteiger partial charge in [-0.1, -0.05) is 11.8 Å². The second-order valence-corrected chi connectivity index (χ2v) is 5.30. The number of primary amides is 2. The molecule has 0 aliphatic heterocycles. The molecule has 0 saturated carbocycles. The average Bonchev–Trinajstić information content (AvgIpc) is 2.94. The van der Waals surface area contributed by atoms with Crippen molar-refractivity contribution in [1.82, 2.24) is 0 Å². The van der Waals surface area contributed by atoms with E-state index in [9.17, 15) is 9.59 Å². The number of urea groups is 1. The van der Waals surface area contributed by atoms with E-state index in [0.717, 1.165) is 16.9 Å². The quantitative estimate of drug-likeness (QED) is 0.735. The second kappa shape index (κ2) is 5.56. The van der Waals surface area contributed by atoms with E-state index in [4.69, 9.17) is 11.5 Å². The van der Waals surface area contributed by atoms with Crippen molar-refractivity contribution >= 4 is 39.6 Å². The van der Waals surface area contributed by atoms with E-state index in [2.05, 4.69) is 17.2 Å². The zero-order valence-corrected chi connectivity index (χ0v) is 11.2. The number of amides is 3. The molecular weight excluding hydrogens is 282 g/mol. The third-order valence-electron chi connectivity index (χ3n) is 2.09. The molecule has 7 heteroatoms. The summed E-state index contributed by atoms with van der Waals surface area (Å²) in [5.41, 5.74) is 11.3. The summed E-state index contributed by atoms with van der Waals surface area (Å²) in [5, 5.41) is 6.51. The maximum absolute atomic E-state index is 11.2. The number of anilines is 1. The van der Waals surface area contributed by atoms with Crippen molar-refractivity contribution in [2.45, 2.75) is 0 Å². The first-order valence-electron chi connectivity index (χ1n) is 5.10. The molecule has 0 saturated heterocycles. The van der Waals surface area contributed by atoms with Gasteiger partial charge in [-0.25, -0.2) is 4.79 Å². The normalized spacial score (nSPS) is 9.47. The third kappa shape index (κ3) is 3.34. The fourth-order valence-electron chi connectivity index (χ4n) is 1.31. The van der Waals surface area contributed by atoms with Gasteiger partial charge in [-0.2, -0.15) is 11.3 Å². The lowest BCUT2D eigenvalue weighted by molar-refractivity contribution is 0.100. The first kappa shape index (κ1) is 13.1. The Morgan fingerprint density at radius 1 is 1.26 bits per heavy atom. The predicted molar refractivity (Wildman–Crippen MR) is 76.3 cm³/mol. The van der Waals surface area contributed by atoms with Crippen LogP contribution in [0, 0.1) is 11.8 Å². The van der Waals surface area contributed by atoms with Crippen LogP contribution in [0.5, 0.6) is 0 Å². The molecule has 2 rings (SSSR count). The number of carbonyl (C=O) groups is 2. The predicted octanol–water partition coefficient (Wildman–Crippen LogP) is 1.80. The van der Waals surface area contributed by atoms with Crippen LogP contribution in [-0.2, 0) is 0 Å². The number of nitrogens with one attached hydrogen (secondary N) is 1. The lowest BCUT2D eigenvalue weighted by Gasteiger charge is -1.98. The lowest BCUT2D eigenvalue weighted by Crippen LogP contribution is -2.21. The van der Waals surface area contributed by atoms with Gasteiger partial charge in [0, 0.05) is 10.9 Å². The summed E-state index contributed by atoms with van der Waals surface area (Å²) in [6, 6.07) is 2.68. The van der Waals surface area contributed by atoms with Gasteiger partial charge in [0.2, 0.25) is 0 Å². The number of thiophene rings is 2. The summed E-state index contributed by atoms with van der Waals surface area (Å²) in [6.07, 6.45) is 0. The molecule has 0 radical (unpaired) electrons. The number of carbonyl (C=O) groups excluding carboxylic acids is 2. The van der Waals surface area contributed by atoms with Gasteiger partial charge in [-0.15, -0.1) is 11.3 Å². The zero-order valence-electron chi connectivity index (χ0n) is 9.60. The van der Waals surface area contributed by atoms with Crippen molar-refractivity contribution in [2.75, 3.05) is 5.32 Å². The highest BCUT2D eigenvalue weighted by atomic mass is 32.1. The zero-order chi connectivity index (χ0) is 13.8. The van der Waals surface area contributed by atoms with E-state index >= 15 is 0 Å². The van der Waals surface area contributed by atoms with Crippen LogP contribution in [0.15, 0.2) is 22.9 Å². The summed E-state index contributed by atoms with van der Waals surface area (Å²) >= 11 is 2.70. The molecule has 0 atom stereocenters. The van der Waals surface area contributed by atoms with Crippen LogP contribution >= 0.6 is 22.7 Å². The molecule has 2 aromatic rings. The Hall–Kier alpha value is -2.30. The van der Waals surface area contributed by atoms with Crippen LogP contribution in [0.4, 0.5) is 9.80 Å². The van der Waals surface area contributed by atoms with Crippen molar-refractivity contribution in [3.05, 3.63) is 38.9 Å². The van der Waals surface area contributed by atoms with Gasteiger partial charge < -0.3 is 11.5 Å². The summed E-state index contributed by atoms with van der Waals surface area (Å²) in [6.45, 7) is 0. The number of hydrogen-bond acceptors (Lipinski definition) is 4. The number of hydrogen-bond donors (Lipinski definition) is 3. The maximum atomic E-state index is 11.2. The molecule has 2 aromatic heterocycles. The molecule has 2 heterocycles. The Morgan fingerprint density at radius 2 is 2.05 bits per heavy atom. The van der Waals surface area contributed by atoms with Crippen LogP contribution in [0.3, 0.4) is 0 Å². The second-order valence-electron chi connectivity index (χ2n) is 3.47. The fraction of sp³-hybridized carbons (Fsp3) is 0. The highest BCUT2D eigenvalue weighted by molar-refractivity contribution is 7.17. The summed E-state index contributed by atoms with van der Waals surface area (Å²) < 4.78 is 0.